The summed E-state index contributed by atoms with van der Waals surface area (Å²) in [5.41, 5.74) is 7.98. The van der Waals surface area contributed by atoms with Gasteiger partial charge in [0.15, 0.2) is 5.82 Å². The molecule has 0 aliphatic carbocycles. The van der Waals surface area contributed by atoms with E-state index in [0.29, 0.717) is 22.4 Å². The van der Waals surface area contributed by atoms with Crippen molar-refractivity contribution in [2.75, 3.05) is 38.6 Å². The molecule has 130 valence electrons. The van der Waals surface area contributed by atoms with Gasteiger partial charge in [0.25, 0.3) is 0 Å². The lowest BCUT2D eigenvalue weighted by atomic mass is 10.2. The van der Waals surface area contributed by atoms with Gasteiger partial charge in [0, 0.05) is 13.1 Å². The first-order chi connectivity index (χ1) is 11.6. The number of nitrogen functional groups attached to an aromatic ring is 1. The number of hydrogen-bond donors (Lipinski definition) is 1. The molecule has 1 aliphatic rings. The van der Waals surface area contributed by atoms with Crippen molar-refractivity contribution in [1.29, 1.82) is 0 Å². The molecule has 1 aromatic heterocycles. The minimum Gasteiger partial charge on any atom is -0.381 e. The number of anilines is 1. The third-order valence-corrected chi connectivity index (χ3v) is 4.91. The number of aromatic nitrogens is 3. The van der Waals surface area contributed by atoms with Gasteiger partial charge in [-0.1, -0.05) is 34.5 Å². The molecule has 2 aromatic rings. The van der Waals surface area contributed by atoms with Gasteiger partial charge in [0.1, 0.15) is 0 Å². The third-order valence-electron chi connectivity index (χ3n) is 4.18. The molecule has 0 unspecified atom stereocenters. The summed E-state index contributed by atoms with van der Waals surface area (Å²) in [6.07, 6.45) is 1.86. The number of nitrogens with zero attached hydrogens (tertiary/aromatic N) is 4. The van der Waals surface area contributed by atoms with Gasteiger partial charge in [0.2, 0.25) is 0 Å². The monoisotopic (exact) mass is 369 g/mol. The van der Waals surface area contributed by atoms with Crippen LogP contribution in [-0.4, -0.2) is 52.7 Å². The van der Waals surface area contributed by atoms with Crippen LogP contribution in [0.25, 0.3) is 0 Å². The molecule has 1 aliphatic heterocycles. The van der Waals surface area contributed by atoms with Gasteiger partial charge in [0.05, 0.1) is 35.5 Å². The zero-order valence-corrected chi connectivity index (χ0v) is 14.9. The summed E-state index contributed by atoms with van der Waals surface area (Å²) in [7, 11) is 0. The van der Waals surface area contributed by atoms with Crippen molar-refractivity contribution in [2.24, 2.45) is 0 Å². The Labute approximate surface area is 151 Å². The molecule has 8 heteroatoms. The van der Waals surface area contributed by atoms with E-state index in [2.05, 4.69) is 15.2 Å². The second kappa shape index (κ2) is 8.16. The molecule has 1 saturated heterocycles. The predicted octanol–water partition coefficient (Wildman–Crippen LogP) is 2.48. The molecule has 0 atom stereocenters. The number of halogens is 2. The maximum atomic E-state index is 6.08. The zero-order valence-electron chi connectivity index (χ0n) is 13.4. The Morgan fingerprint density at radius 3 is 2.71 bits per heavy atom. The molecule has 1 aromatic carbocycles. The van der Waals surface area contributed by atoms with Crippen molar-refractivity contribution < 1.29 is 4.74 Å². The Hall–Kier alpha value is -1.34. The number of nitrogens with two attached hydrogens (primary N) is 1. The Bertz CT molecular complexity index is 685. The minimum absolute atomic E-state index is 0.497. The fraction of sp³-hybridized carbons (Fsp3) is 0.500. The fourth-order valence-electron chi connectivity index (χ4n) is 2.84. The van der Waals surface area contributed by atoms with Gasteiger partial charge in [-0.05, 0) is 37.1 Å². The van der Waals surface area contributed by atoms with E-state index in [-0.39, 0.29) is 0 Å². The highest BCUT2D eigenvalue weighted by Gasteiger charge is 2.14. The smallest absolute Gasteiger partial charge is 0.169 e. The number of rotatable bonds is 6. The molecule has 6 nitrogen and oxygen atoms in total. The lowest BCUT2D eigenvalue weighted by molar-refractivity contribution is 0.0374. The number of hydrogen-bond acceptors (Lipinski definition) is 5. The molecular weight excluding hydrogens is 349 g/mol. The van der Waals surface area contributed by atoms with E-state index >= 15 is 0 Å². The molecule has 1 fully saturated rings. The zero-order chi connectivity index (χ0) is 16.9. The molecule has 2 heterocycles. The minimum atomic E-state index is 0.497. The van der Waals surface area contributed by atoms with E-state index in [9.17, 15) is 0 Å². The maximum absolute atomic E-state index is 6.08. The van der Waals surface area contributed by atoms with Crippen molar-refractivity contribution in [1.82, 2.24) is 19.9 Å². The first-order valence-corrected chi connectivity index (χ1v) is 8.81. The van der Waals surface area contributed by atoms with Crippen LogP contribution in [0, 0.1) is 0 Å². The van der Waals surface area contributed by atoms with Gasteiger partial charge in [-0.25, -0.2) is 4.68 Å². The predicted molar refractivity (Wildman–Crippen MR) is 95.6 cm³/mol. The van der Waals surface area contributed by atoms with E-state index < -0.39 is 0 Å². The van der Waals surface area contributed by atoms with Gasteiger partial charge < -0.3 is 10.5 Å². The number of benzene rings is 1. The molecule has 0 spiro atoms. The highest BCUT2D eigenvalue weighted by atomic mass is 35.5. The standard InChI is InChI=1S/C16H21Cl2N5O/c17-13-4-3-12(10-14(13)18)11-23-15(16(19)20-21-23)2-1-5-22-6-8-24-9-7-22/h3-4,10H,1-2,5-9,11,19H2. The summed E-state index contributed by atoms with van der Waals surface area (Å²) in [5.74, 6) is 0.497. The molecule has 0 saturated carbocycles. The van der Waals surface area contributed by atoms with E-state index in [1.807, 2.05) is 16.8 Å². The molecule has 2 N–H and O–H groups in total. The average Bonchev–Trinajstić information content (AvgIpc) is 2.92. The summed E-state index contributed by atoms with van der Waals surface area (Å²) in [6, 6.07) is 5.57. The Morgan fingerprint density at radius 2 is 1.96 bits per heavy atom. The quantitative estimate of drug-likeness (QED) is 0.846. The second-order valence-electron chi connectivity index (χ2n) is 5.89. The van der Waals surface area contributed by atoms with Crippen molar-refractivity contribution in [2.45, 2.75) is 19.4 Å². The number of ether oxygens (including phenoxy) is 1. The molecule has 3 rings (SSSR count). The SMILES string of the molecule is Nc1nnn(Cc2ccc(Cl)c(Cl)c2)c1CCCN1CCOCC1. The summed E-state index contributed by atoms with van der Waals surface area (Å²) < 4.78 is 7.21. The van der Waals surface area contributed by atoms with Crippen LogP contribution in [0.2, 0.25) is 10.0 Å². The van der Waals surface area contributed by atoms with Crippen LogP contribution in [0.3, 0.4) is 0 Å². The van der Waals surface area contributed by atoms with E-state index in [0.717, 1.165) is 56.9 Å². The van der Waals surface area contributed by atoms with Gasteiger partial charge >= 0.3 is 0 Å². The molecule has 0 amide bonds. The average molecular weight is 370 g/mol. The topological polar surface area (TPSA) is 69.2 Å². The summed E-state index contributed by atoms with van der Waals surface area (Å²) >= 11 is 12.0. The Morgan fingerprint density at radius 1 is 1.17 bits per heavy atom. The van der Waals surface area contributed by atoms with E-state index in [4.69, 9.17) is 33.7 Å². The fourth-order valence-corrected chi connectivity index (χ4v) is 3.16. The largest absolute Gasteiger partial charge is 0.381 e. The van der Waals surface area contributed by atoms with Crippen LogP contribution >= 0.6 is 23.2 Å². The van der Waals surface area contributed by atoms with E-state index in [1.165, 1.54) is 0 Å². The first-order valence-electron chi connectivity index (χ1n) is 8.05. The van der Waals surface area contributed by atoms with Crippen LogP contribution in [0.5, 0.6) is 0 Å². The van der Waals surface area contributed by atoms with Gasteiger partial charge in [-0.15, -0.1) is 5.10 Å². The van der Waals surface area contributed by atoms with Crippen LogP contribution in [0.4, 0.5) is 5.82 Å². The third kappa shape index (κ3) is 4.39. The summed E-state index contributed by atoms with van der Waals surface area (Å²) in [6.45, 7) is 5.24. The van der Waals surface area contributed by atoms with Gasteiger partial charge in [-0.3, -0.25) is 4.90 Å². The lowest BCUT2D eigenvalue weighted by Gasteiger charge is -2.26. The summed E-state index contributed by atoms with van der Waals surface area (Å²) in [5, 5.41) is 9.26. The Balaban J connectivity index is 1.61. The lowest BCUT2D eigenvalue weighted by Crippen LogP contribution is -2.37. The summed E-state index contributed by atoms with van der Waals surface area (Å²) in [4.78, 5) is 2.41. The Kier molecular flexibility index (Phi) is 5.94. The first kappa shape index (κ1) is 17.5. The van der Waals surface area contributed by atoms with Gasteiger partial charge in [-0.2, -0.15) is 0 Å². The van der Waals surface area contributed by atoms with Crippen molar-refractivity contribution >= 4 is 29.0 Å². The van der Waals surface area contributed by atoms with Crippen molar-refractivity contribution in [3.63, 3.8) is 0 Å². The van der Waals surface area contributed by atoms with Crippen LogP contribution in [0.15, 0.2) is 18.2 Å². The molecule has 24 heavy (non-hydrogen) atoms. The highest BCUT2D eigenvalue weighted by molar-refractivity contribution is 6.42. The van der Waals surface area contributed by atoms with Crippen molar-refractivity contribution in [3.8, 4) is 0 Å². The van der Waals surface area contributed by atoms with Crippen LogP contribution in [0.1, 0.15) is 17.7 Å². The van der Waals surface area contributed by atoms with Crippen LogP contribution in [-0.2, 0) is 17.7 Å². The number of morpholine rings is 1. The van der Waals surface area contributed by atoms with E-state index in [1.54, 1.807) is 6.07 Å². The normalized spacial score (nSPS) is 15.8. The second-order valence-corrected chi connectivity index (χ2v) is 6.70. The molecular formula is C16H21Cl2N5O. The van der Waals surface area contributed by atoms with Crippen LogP contribution < -0.4 is 5.73 Å². The highest BCUT2D eigenvalue weighted by Crippen LogP contribution is 2.23. The molecule has 0 radical (unpaired) electrons. The van der Waals surface area contributed by atoms with Crippen molar-refractivity contribution in [3.05, 3.63) is 39.5 Å². The maximum Gasteiger partial charge on any atom is 0.169 e. The molecule has 0 bridgehead atoms.